The first-order chi connectivity index (χ1) is 9.78. The van der Waals surface area contributed by atoms with E-state index in [0.29, 0.717) is 6.54 Å². The molecule has 0 amide bonds. The Morgan fingerprint density at radius 1 is 1.00 bits per heavy atom. The molecule has 4 heteroatoms. The Bertz CT molecular complexity index is 572. The van der Waals surface area contributed by atoms with E-state index in [0.717, 1.165) is 27.7 Å². The number of hydrogen-bond acceptors (Lipinski definition) is 4. The van der Waals surface area contributed by atoms with Crippen LogP contribution in [0.3, 0.4) is 0 Å². The fraction of sp³-hybridized carbons (Fsp3) is 0.250. The minimum absolute atomic E-state index is 0.489. The molecule has 0 aliphatic heterocycles. The van der Waals surface area contributed by atoms with Crippen LogP contribution >= 0.6 is 11.8 Å². The van der Waals surface area contributed by atoms with E-state index in [9.17, 15) is 0 Å². The van der Waals surface area contributed by atoms with Gasteiger partial charge in [-0.25, -0.2) is 0 Å². The number of para-hydroxylation sites is 1. The van der Waals surface area contributed by atoms with Gasteiger partial charge >= 0.3 is 0 Å². The molecule has 0 heterocycles. The summed E-state index contributed by atoms with van der Waals surface area (Å²) in [5, 5.41) is 0. The Labute approximate surface area is 124 Å². The van der Waals surface area contributed by atoms with Crippen molar-refractivity contribution in [1.29, 1.82) is 0 Å². The zero-order chi connectivity index (χ0) is 14.4. The third-order valence-electron chi connectivity index (χ3n) is 3.03. The Morgan fingerprint density at radius 2 is 1.75 bits per heavy atom. The molecule has 2 N–H and O–H groups in total. The monoisotopic (exact) mass is 289 g/mol. The van der Waals surface area contributed by atoms with Crippen molar-refractivity contribution in [2.75, 3.05) is 14.2 Å². The topological polar surface area (TPSA) is 44.5 Å². The number of rotatable bonds is 6. The van der Waals surface area contributed by atoms with Crippen LogP contribution in [-0.4, -0.2) is 14.2 Å². The van der Waals surface area contributed by atoms with Gasteiger partial charge in [0.25, 0.3) is 0 Å². The number of nitrogens with two attached hydrogens (primary N) is 1. The lowest BCUT2D eigenvalue weighted by atomic mass is 10.1. The molecule has 106 valence electrons. The third kappa shape index (κ3) is 3.46. The third-order valence-corrected chi connectivity index (χ3v) is 4.16. The van der Waals surface area contributed by atoms with Gasteiger partial charge in [-0.05, 0) is 23.8 Å². The molecule has 0 bridgehead atoms. The summed E-state index contributed by atoms with van der Waals surface area (Å²) in [6, 6.07) is 14.2. The van der Waals surface area contributed by atoms with Gasteiger partial charge in [0.2, 0.25) is 0 Å². The van der Waals surface area contributed by atoms with Gasteiger partial charge in [0, 0.05) is 22.8 Å². The zero-order valence-electron chi connectivity index (χ0n) is 11.8. The Kier molecular flexibility index (Phi) is 5.32. The molecule has 0 atom stereocenters. The van der Waals surface area contributed by atoms with Crippen LogP contribution in [0.25, 0.3) is 0 Å². The van der Waals surface area contributed by atoms with E-state index in [1.54, 1.807) is 26.0 Å². The van der Waals surface area contributed by atoms with Crippen molar-refractivity contribution < 1.29 is 9.47 Å². The van der Waals surface area contributed by atoms with Gasteiger partial charge in [-0.2, -0.15) is 0 Å². The summed E-state index contributed by atoms with van der Waals surface area (Å²) in [4.78, 5) is 1.14. The minimum atomic E-state index is 0.489. The first kappa shape index (κ1) is 14.8. The van der Waals surface area contributed by atoms with Crippen LogP contribution in [0.5, 0.6) is 11.5 Å². The minimum Gasteiger partial charge on any atom is -0.496 e. The van der Waals surface area contributed by atoms with Crippen LogP contribution in [-0.2, 0) is 12.3 Å². The van der Waals surface area contributed by atoms with Crippen molar-refractivity contribution in [3.8, 4) is 11.5 Å². The van der Waals surface area contributed by atoms with E-state index in [1.807, 2.05) is 30.3 Å². The van der Waals surface area contributed by atoms with Crippen molar-refractivity contribution in [1.82, 2.24) is 0 Å². The zero-order valence-corrected chi connectivity index (χ0v) is 12.6. The average molecular weight is 289 g/mol. The second-order valence-corrected chi connectivity index (χ2v) is 5.31. The normalized spacial score (nSPS) is 10.3. The van der Waals surface area contributed by atoms with Gasteiger partial charge in [-0.1, -0.05) is 24.3 Å². The summed E-state index contributed by atoms with van der Waals surface area (Å²) in [6.45, 7) is 0.489. The molecule has 0 radical (unpaired) electrons. The van der Waals surface area contributed by atoms with E-state index < -0.39 is 0 Å². The summed E-state index contributed by atoms with van der Waals surface area (Å²) in [6.07, 6.45) is 0. The molecule has 0 saturated carbocycles. The lowest BCUT2D eigenvalue weighted by molar-refractivity contribution is 0.405. The molecule has 0 unspecified atom stereocenters. The van der Waals surface area contributed by atoms with E-state index >= 15 is 0 Å². The highest BCUT2D eigenvalue weighted by Crippen LogP contribution is 2.32. The summed E-state index contributed by atoms with van der Waals surface area (Å²) in [5.74, 6) is 2.62. The van der Waals surface area contributed by atoms with Crippen LogP contribution in [0, 0.1) is 0 Å². The summed E-state index contributed by atoms with van der Waals surface area (Å²) < 4.78 is 10.7. The largest absolute Gasteiger partial charge is 0.496 e. The van der Waals surface area contributed by atoms with E-state index in [-0.39, 0.29) is 0 Å². The quantitative estimate of drug-likeness (QED) is 0.827. The van der Waals surface area contributed by atoms with E-state index in [1.165, 1.54) is 5.56 Å². The number of methoxy groups -OCH3 is 2. The Morgan fingerprint density at radius 3 is 2.45 bits per heavy atom. The maximum Gasteiger partial charge on any atom is 0.132 e. The molecule has 0 aliphatic rings. The van der Waals surface area contributed by atoms with Crippen molar-refractivity contribution in [3.63, 3.8) is 0 Å². The average Bonchev–Trinajstić information content (AvgIpc) is 2.52. The van der Waals surface area contributed by atoms with E-state index in [4.69, 9.17) is 15.2 Å². The predicted octanol–water partition coefficient (Wildman–Crippen LogP) is 3.45. The van der Waals surface area contributed by atoms with Crippen molar-refractivity contribution >= 4 is 11.8 Å². The van der Waals surface area contributed by atoms with Crippen LogP contribution in [0.4, 0.5) is 0 Å². The fourth-order valence-corrected chi connectivity index (χ4v) is 2.92. The predicted molar refractivity (Wildman–Crippen MR) is 83.4 cm³/mol. The molecular formula is C16H19NO2S. The molecule has 3 nitrogen and oxygen atoms in total. The highest BCUT2D eigenvalue weighted by molar-refractivity contribution is 7.98. The second-order valence-electron chi connectivity index (χ2n) is 4.29. The smallest absolute Gasteiger partial charge is 0.132 e. The van der Waals surface area contributed by atoms with Gasteiger partial charge in [-0.3, -0.25) is 0 Å². The number of benzene rings is 2. The van der Waals surface area contributed by atoms with Crippen LogP contribution in [0.1, 0.15) is 11.1 Å². The van der Waals surface area contributed by atoms with Gasteiger partial charge in [0.15, 0.2) is 0 Å². The molecular weight excluding hydrogens is 270 g/mol. The van der Waals surface area contributed by atoms with Gasteiger partial charge in [0.1, 0.15) is 11.5 Å². The summed E-state index contributed by atoms with van der Waals surface area (Å²) >= 11 is 1.75. The SMILES string of the molecule is COc1cc(CSc2ccccc2OC)ccc1CN. The van der Waals surface area contributed by atoms with Crippen LogP contribution in [0.2, 0.25) is 0 Å². The van der Waals surface area contributed by atoms with Crippen LogP contribution in [0.15, 0.2) is 47.4 Å². The molecule has 2 rings (SSSR count). The first-order valence-corrected chi connectivity index (χ1v) is 7.38. The second kappa shape index (κ2) is 7.22. The Hall–Kier alpha value is -1.65. The maximum absolute atomic E-state index is 5.68. The summed E-state index contributed by atoms with van der Waals surface area (Å²) in [7, 11) is 3.37. The van der Waals surface area contributed by atoms with Gasteiger partial charge in [-0.15, -0.1) is 11.8 Å². The molecule has 0 saturated heterocycles. The lowest BCUT2D eigenvalue weighted by Crippen LogP contribution is -2.00. The van der Waals surface area contributed by atoms with Crippen molar-refractivity contribution in [3.05, 3.63) is 53.6 Å². The lowest BCUT2D eigenvalue weighted by Gasteiger charge is -2.10. The molecule has 20 heavy (non-hydrogen) atoms. The number of thioether (sulfide) groups is 1. The van der Waals surface area contributed by atoms with Crippen molar-refractivity contribution in [2.24, 2.45) is 5.73 Å². The molecule has 0 aromatic heterocycles. The molecule has 0 spiro atoms. The van der Waals surface area contributed by atoms with Crippen molar-refractivity contribution in [2.45, 2.75) is 17.2 Å². The fourth-order valence-electron chi connectivity index (χ4n) is 1.95. The summed E-state index contributed by atoms with van der Waals surface area (Å²) in [5.41, 5.74) is 7.91. The number of ether oxygens (including phenoxy) is 2. The molecule has 2 aromatic rings. The molecule has 0 aliphatic carbocycles. The molecule has 0 fully saturated rings. The number of hydrogen-bond donors (Lipinski definition) is 1. The molecule has 2 aromatic carbocycles. The Balaban J connectivity index is 2.11. The first-order valence-electron chi connectivity index (χ1n) is 6.40. The maximum atomic E-state index is 5.68. The highest BCUT2D eigenvalue weighted by Gasteiger charge is 2.06. The highest BCUT2D eigenvalue weighted by atomic mass is 32.2. The standard InChI is InChI=1S/C16H19NO2S/c1-18-14-5-3-4-6-16(14)20-11-12-7-8-13(10-17)15(9-12)19-2/h3-9H,10-11,17H2,1-2H3. The van der Waals surface area contributed by atoms with Crippen LogP contribution < -0.4 is 15.2 Å². The van der Waals surface area contributed by atoms with E-state index in [2.05, 4.69) is 12.1 Å². The van der Waals surface area contributed by atoms with Gasteiger partial charge in [0.05, 0.1) is 14.2 Å². The van der Waals surface area contributed by atoms with Gasteiger partial charge < -0.3 is 15.2 Å².